The van der Waals surface area contributed by atoms with Gasteiger partial charge in [0, 0.05) is 31.7 Å². The molecule has 1 amide bonds. The predicted molar refractivity (Wildman–Crippen MR) is 93.0 cm³/mol. The lowest BCUT2D eigenvalue weighted by Gasteiger charge is -2.22. The summed E-state index contributed by atoms with van der Waals surface area (Å²) in [7, 11) is -3.25. The van der Waals surface area contributed by atoms with Crippen molar-refractivity contribution in [1.82, 2.24) is 14.2 Å². The maximum Gasteiger partial charge on any atom is 0.417 e. The van der Waals surface area contributed by atoms with Crippen molar-refractivity contribution in [3.05, 3.63) is 34.3 Å². The van der Waals surface area contributed by atoms with Gasteiger partial charge in [-0.1, -0.05) is 6.92 Å². The van der Waals surface area contributed by atoms with Gasteiger partial charge in [-0.25, -0.2) is 17.5 Å². The molecule has 2 heterocycles. The van der Waals surface area contributed by atoms with Gasteiger partial charge in [-0.2, -0.15) is 0 Å². The van der Waals surface area contributed by atoms with Crippen molar-refractivity contribution in [2.24, 2.45) is 0 Å². The first kappa shape index (κ1) is 17.7. The molecule has 0 radical (unpaired) electrons. The van der Waals surface area contributed by atoms with Gasteiger partial charge in [0.1, 0.15) is 0 Å². The Morgan fingerprint density at radius 2 is 2.04 bits per heavy atom. The van der Waals surface area contributed by atoms with Gasteiger partial charge < -0.3 is 9.32 Å². The molecule has 1 aliphatic rings. The average Bonchev–Trinajstić information content (AvgIpc) is 2.77. The Hall–Kier alpha value is -2.13. The van der Waals surface area contributed by atoms with Crippen LogP contribution < -0.4 is 5.76 Å². The summed E-state index contributed by atoms with van der Waals surface area (Å²) < 4.78 is 30.8. The van der Waals surface area contributed by atoms with Crippen molar-refractivity contribution < 1.29 is 17.6 Å². The van der Waals surface area contributed by atoms with Gasteiger partial charge in [0.15, 0.2) is 5.58 Å². The van der Waals surface area contributed by atoms with Gasteiger partial charge in [0.2, 0.25) is 10.0 Å². The minimum atomic E-state index is -3.25. The maximum absolute atomic E-state index is 12.7. The number of rotatable bonds is 4. The first-order valence-electron chi connectivity index (χ1n) is 8.30. The van der Waals surface area contributed by atoms with Gasteiger partial charge in [-0.3, -0.25) is 9.78 Å². The predicted octanol–water partition coefficient (Wildman–Crippen LogP) is 1.01. The molecular weight excluding hydrogens is 346 g/mol. The standard InChI is InChI=1S/C16H21N3O5S/c1-2-10-25(22,23)19-7-3-6-18(8-9-19)15(20)12-4-5-14-13(11-12)17-16(21)24-14/h4-5,11H,2-3,6-10H2,1H3,(H,17,21). The summed E-state index contributed by atoms with van der Waals surface area (Å²) in [5, 5.41) is 0. The third-order valence-corrected chi connectivity index (χ3v) is 6.34. The van der Waals surface area contributed by atoms with Gasteiger partial charge in [0.25, 0.3) is 5.91 Å². The maximum atomic E-state index is 12.7. The minimum Gasteiger partial charge on any atom is -0.408 e. The van der Waals surface area contributed by atoms with Crippen molar-refractivity contribution in [3.63, 3.8) is 0 Å². The Morgan fingerprint density at radius 3 is 2.80 bits per heavy atom. The second-order valence-electron chi connectivity index (χ2n) is 6.09. The number of H-pyrrole nitrogens is 1. The highest BCUT2D eigenvalue weighted by Crippen LogP contribution is 2.16. The number of hydrogen-bond donors (Lipinski definition) is 1. The van der Waals surface area contributed by atoms with E-state index in [2.05, 4.69) is 4.98 Å². The van der Waals surface area contributed by atoms with Gasteiger partial charge >= 0.3 is 5.76 Å². The van der Waals surface area contributed by atoms with Crippen LogP contribution in [0.4, 0.5) is 0 Å². The number of aromatic amines is 1. The highest BCUT2D eigenvalue weighted by Gasteiger charge is 2.26. The van der Waals surface area contributed by atoms with E-state index in [9.17, 15) is 18.0 Å². The molecule has 1 aromatic carbocycles. The van der Waals surface area contributed by atoms with E-state index in [0.717, 1.165) is 0 Å². The van der Waals surface area contributed by atoms with Crippen molar-refractivity contribution in [2.75, 3.05) is 31.9 Å². The zero-order valence-electron chi connectivity index (χ0n) is 14.0. The number of carbonyl (C=O) groups excluding carboxylic acids is 1. The van der Waals surface area contributed by atoms with E-state index < -0.39 is 15.8 Å². The smallest absolute Gasteiger partial charge is 0.408 e. The molecule has 0 unspecified atom stereocenters. The van der Waals surface area contributed by atoms with Crippen molar-refractivity contribution in [3.8, 4) is 0 Å². The number of oxazole rings is 1. The molecule has 0 saturated carbocycles. The van der Waals surface area contributed by atoms with Crippen LogP contribution in [0.2, 0.25) is 0 Å². The first-order valence-corrected chi connectivity index (χ1v) is 9.91. The quantitative estimate of drug-likeness (QED) is 0.868. The van der Waals surface area contributed by atoms with E-state index in [-0.39, 0.29) is 11.7 Å². The van der Waals surface area contributed by atoms with E-state index in [1.807, 2.05) is 6.92 Å². The Labute approximate surface area is 145 Å². The second-order valence-corrected chi connectivity index (χ2v) is 8.17. The number of amides is 1. The highest BCUT2D eigenvalue weighted by atomic mass is 32.2. The SMILES string of the molecule is CCCS(=O)(=O)N1CCCN(C(=O)c2ccc3oc(=O)[nH]c3c2)CC1. The van der Waals surface area contributed by atoms with Crippen LogP contribution >= 0.6 is 0 Å². The van der Waals surface area contributed by atoms with Gasteiger partial charge in [-0.05, 0) is 31.0 Å². The zero-order chi connectivity index (χ0) is 18.0. The van der Waals surface area contributed by atoms with E-state index in [0.29, 0.717) is 55.7 Å². The molecule has 3 rings (SSSR count). The Kier molecular flexibility index (Phi) is 4.96. The monoisotopic (exact) mass is 367 g/mol. The molecule has 8 nitrogen and oxygen atoms in total. The lowest BCUT2D eigenvalue weighted by atomic mass is 10.1. The van der Waals surface area contributed by atoms with Crippen molar-refractivity contribution in [2.45, 2.75) is 19.8 Å². The van der Waals surface area contributed by atoms with E-state index in [1.165, 1.54) is 4.31 Å². The van der Waals surface area contributed by atoms with Crippen LogP contribution in [0.3, 0.4) is 0 Å². The van der Waals surface area contributed by atoms with Crippen LogP contribution in [0.1, 0.15) is 30.1 Å². The number of fused-ring (bicyclic) bond motifs is 1. The van der Waals surface area contributed by atoms with E-state index in [4.69, 9.17) is 4.42 Å². The third kappa shape index (κ3) is 3.77. The molecule has 0 spiro atoms. The molecule has 0 bridgehead atoms. The Bertz CT molecular complexity index is 931. The number of benzene rings is 1. The molecule has 0 aliphatic carbocycles. The third-order valence-electron chi connectivity index (χ3n) is 4.26. The van der Waals surface area contributed by atoms with Crippen molar-refractivity contribution in [1.29, 1.82) is 0 Å². The topological polar surface area (TPSA) is 104 Å². The zero-order valence-corrected chi connectivity index (χ0v) is 14.8. The number of carbonyl (C=O) groups is 1. The van der Waals surface area contributed by atoms with Crippen LogP contribution in [0.5, 0.6) is 0 Å². The molecule has 1 aliphatic heterocycles. The lowest BCUT2D eigenvalue weighted by Crippen LogP contribution is -2.38. The summed E-state index contributed by atoms with van der Waals surface area (Å²) in [6.07, 6.45) is 1.17. The van der Waals surface area contributed by atoms with Gasteiger partial charge in [0.05, 0.1) is 11.3 Å². The molecular formula is C16H21N3O5S. The molecule has 1 fully saturated rings. The molecule has 1 saturated heterocycles. The molecule has 136 valence electrons. The number of nitrogens with one attached hydrogen (secondary N) is 1. The summed E-state index contributed by atoms with van der Waals surface area (Å²) in [6, 6.07) is 4.77. The molecule has 0 atom stereocenters. The van der Waals surface area contributed by atoms with Crippen LogP contribution in [0.25, 0.3) is 11.1 Å². The van der Waals surface area contributed by atoms with Gasteiger partial charge in [-0.15, -0.1) is 0 Å². The lowest BCUT2D eigenvalue weighted by molar-refractivity contribution is 0.0764. The number of aromatic nitrogens is 1. The summed E-state index contributed by atoms with van der Waals surface area (Å²) >= 11 is 0. The highest BCUT2D eigenvalue weighted by molar-refractivity contribution is 7.89. The van der Waals surface area contributed by atoms with Crippen LogP contribution in [-0.4, -0.2) is 60.4 Å². The minimum absolute atomic E-state index is 0.130. The number of hydrogen-bond acceptors (Lipinski definition) is 5. The molecule has 1 N–H and O–H groups in total. The Morgan fingerprint density at radius 1 is 1.24 bits per heavy atom. The normalized spacial score (nSPS) is 16.9. The molecule has 25 heavy (non-hydrogen) atoms. The fourth-order valence-corrected chi connectivity index (χ4v) is 4.57. The first-order chi connectivity index (χ1) is 11.9. The van der Waals surface area contributed by atoms with Crippen LogP contribution in [0, 0.1) is 0 Å². The summed E-state index contributed by atoms with van der Waals surface area (Å²) in [5.74, 6) is -0.615. The molecule has 9 heteroatoms. The number of nitrogens with zero attached hydrogens (tertiary/aromatic N) is 2. The summed E-state index contributed by atoms with van der Waals surface area (Å²) in [4.78, 5) is 28.1. The molecule has 1 aromatic heterocycles. The largest absolute Gasteiger partial charge is 0.417 e. The van der Waals surface area contributed by atoms with Crippen LogP contribution in [-0.2, 0) is 10.0 Å². The fraction of sp³-hybridized carbons (Fsp3) is 0.500. The summed E-state index contributed by atoms with van der Waals surface area (Å²) in [5.41, 5.74) is 1.31. The average molecular weight is 367 g/mol. The van der Waals surface area contributed by atoms with Crippen LogP contribution in [0.15, 0.2) is 27.4 Å². The molecule has 2 aromatic rings. The van der Waals surface area contributed by atoms with Crippen molar-refractivity contribution >= 4 is 27.0 Å². The second kappa shape index (κ2) is 7.01. The number of sulfonamides is 1. The van der Waals surface area contributed by atoms with E-state index in [1.54, 1.807) is 23.1 Å². The fourth-order valence-electron chi connectivity index (χ4n) is 3.03. The Balaban J connectivity index is 1.75. The van der Waals surface area contributed by atoms with E-state index >= 15 is 0 Å². The summed E-state index contributed by atoms with van der Waals surface area (Å²) in [6.45, 7) is 3.42.